The lowest BCUT2D eigenvalue weighted by Gasteiger charge is -2.44. The molecule has 34 heavy (non-hydrogen) atoms. The predicted octanol–water partition coefficient (Wildman–Crippen LogP) is 6.71. The van der Waals surface area contributed by atoms with Gasteiger partial charge in [0.2, 0.25) is 0 Å². The van der Waals surface area contributed by atoms with Crippen LogP contribution in [-0.4, -0.2) is 36.0 Å². The number of aliphatic hydroxyl groups is 1. The highest BCUT2D eigenvalue weighted by molar-refractivity contribution is 5.69. The van der Waals surface area contributed by atoms with Gasteiger partial charge in [-0.25, -0.2) is 0 Å². The molecular weight excluding hydrogens is 424 g/mol. The molecule has 0 heterocycles. The maximum atomic E-state index is 11.8. The van der Waals surface area contributed by atoms with E-state index in [0.717, 1.165) is 25.7 Å². The fourth-order valence-corrected chi connectivity index (χ4v) is 6.53. The molecule has 4 nitrogen and oxygen atoms in total. The number of carbonyl (C=O) groups is 1. The molecule has 5 atom stereocenters. The summed E-state index contributed by atoms with van der Waals surface area (Å²) in [5.74, 6) is 1.33. The molecule has 0 aromatic heterocycles. The van der Waals surface area contributed by atoms with E-state index >= 15 is 0 Å². The molecule has 3 rings (SSSR count). The Morgan fingerprint density at radius 3 is 2.71 bits per heavy atom. The van der Waals surface area contributed by atoms with Crippen LogP contribution in [0.4, 0.5) is 0 Å². The smallest absolute Gasteiger partial charge is 0.305 e. The van der Waals surface area contributed by atoms with Gasteiger partial charge in [0.25, 0.3) is 0 Å². The third-order valence-electron chi connectivity index (χ3n) is 8.38. The number of rotatable bonds is 9. The van der Waals surface area contributed by atoms with Crippen LogP contribution in [0.1, 0.15) is 85.5 Å². The Balaban J connectivity index is 1.71. The molecule has 3 fully saturated rings. The molecule has 1 N–H and O–H groups in total. The zero-order valence-corrected chi connectivity index (χ0v) is 21.9. The van der Waals surface area contributed by atoms with Crippen molar-refractivity contribution in [1.29, 1.82) is 0 Å². The fourth-order valence-electron chi connectivity index (χ4n) is 6.53. The van der Waals surface area contributed by atoms with Gasteiger partial charge in [0.1, 0.15) is 6.10 Å². The first-order valence-corrected chi connectivity index (χ1v) is 13.3. The fraction of sp³-hybridized carbons (Fsp3) is 0.700. The Morgan fingerprint density at radius 1 is 1.26 bits per heavy atom. The highest BCUT2D eigenvalue weighted by Gasteiger charge is 2.51. The van der Waals surface area contributed by atoms with E-state index in [9.17, 15) is 9.90 Å². The van der Waals surface area contributed by atoms with Crippen molar-refractivity contribution in [3.8, 4) is 0 Å². The van der Waals surface area contributed by atoms with Crippen LogP contribution in [0.5, 0.6) is 0 Å². The number of hydrogen-bond donors (Lipinski definition) is 1. The second-order valence-corrected chi connectivity index (χ2v) is 11.6. The van der Waals surface area contributed by atoms with Crippen molar-refractivity contribution in [3.63, 3.8) is 0 Å². The lowest BCUT2D eigenvalue weighted by Crippen LogP contribution is -2.38. The van der Waals surface area contributed by atoms with E-state index in [1.54, 1.807) is 19.4 Å². The first-order valence-electron chi connectivity index (χ1n) is 13.3. The van der Waals surface area contributed by atoms with Crippen LogP contribution in [0.25, 0.3) is 0 Å². The number of carbonyl (C=O) groups excluding carboxylic acids is 1. The Hall–Kier alpha value is -1.65. The van der Waals surface area contributed by atoms with E-state index in [-0.39, 0.29) is 17.5 Å². The quantitative estimate of drug-likeness (QED) is 0.301. The Kier molecular flexibility index (Phi) is 9.03. The lowest BCUT2D eigenvalue weighted by molar-refractivity contribution is -0.149. The van der Waals surface area contributed by atoms with Gasteiger partial charge < -0.3 is 14.6 Å². The highest BCUT2D eigenvalue weighted by atomic mass is 16.5. The number of allylic oxidation sites excluding steroid dienone is 4. The molecule has 4 heteroatoms. The van der Waals surface area contributed by atoms with Gasteiger partial charge in [0.05, 0.1) is 18.8 Å². The van der Waals surface area contributed by atoms with Crippen LogP contribution < -0.4 is 0 Å². The molecule has 0 aromatic carbocycles. The molecule has 0 bridgehead atoms. The zero-order chi connectivity index (χ0) is 24.9. The van der Waals surface area contributed by atoms with E-state index in [1.807, 2.05) is 6.92 Å². The van der Waals surface area contributed by atoms with Crippen LogP contribution in [-0.2, 0) is 14.3 Å². The SMILES string of the molecule is C=C[C@H](COCC(C)(C)O)[C@H]1CCC2/C(=C/C=C3/C[C@@H](OC(=O)CC)CCC3=C)CCC[C@@]21C. The normalized spacial score (nSPS) is 33.1. The van der Waals surface area contributed by atoms with E-state index in [0.29, 0.717) is 37.4 Å². The predicted molar refractivity (Wildman–Crippen MR) is 138 cm³/mol. The molecule has 190 valence electrons. The molecule has 3 aliphatic rings. The molecule has 0 saturated heterocycles. The van der Waals surface area contributed by atoms with Crippen molar-refractivity contribution in [2.24, 2.45) is 23.2 Å². The Morgan fingerprint density at radius 2 is 2.03 bits per heavy atom. The van der Waals surface area contributed by atoms with Crippen LogP contribution in [0.15, 0.2) is 48.1 Å². The summed E-state index contributed by atoms with van der Waals surface area (Å²) in [6.07, 6.45) is 15.7. The minimum Gasteiger partial charge on any atom is -0.462 e. The lowest BCUT2D eigenvalue weighted by atomic mass is 9.61. The minimum atomic E-state index is -0.806. The molecule has 0 amide bonds. The van der Waals surface area contributed by atoms with E-state index < -0.39 is 5.60 Å². The third kappa shape index (κ3) is 6.51. The molecular formula is C30H46O4. The van der Waals surface area contributed by atoms with Crippen LogP contribution in [0, 0.1) is 23.2 Å². The van der Waals surface area contributed by atoms with Gasteiger partial charge in [-0.05, 0) is 81.6 Å². The standard InChI is InChI=1S/C30H46O4/c1-7-22(19-33-20-29(4,5)32)26-15-16-27-23(10-9-17-30(26,27)6)12-13-24-18-25(14-11-21(24)3)34-28(31)8-2/h7,12-13,22,25-27,32H,1,3,8-11,14-20H2,2,4-6H3/b23-12+,24-13-/t22-,25+,26-,27?,30-/m1/s1. The van der Waals surface area contributed by atoms with Crippen molar-refractivity contribution in [2.75, 3.05) is 13.2 Å². The maximum Gasteiger partial charge on any atom is 0.305 e. The van der Waals surface area contributed by atoms with Gasteiger partial charge in [-0.2, -0.15) is 0 Å². The minimum absolute atomic E-state index is 0.0210. The molecule has 0 radical (unpaired) electrons. The van der Waals surface area contributed by atoms with Crippen LogP contribution in [0.2, 0.25) is 0 Å². The van der Waals surface area contributed by atoms with Crippen molar-refractivity contribution in [3.05, 3.63) is 48.1 Å². The van der Waals surface area contributed by atoms with Gasteiger partial charge in [-0.3, -0.25) is 4.79 Å². The summed E-state index contributed by atoms with van der Waals surface area (Å²) >= 11 is 0. The first-order chi connectivity index (χ1) is 16.1. The van der Waals surface area contributed by atoms with Gasteiger partial charge in [0, 0.05) is 18.8 Å². The van der Waals surface area contributed by atoms with Crippen LogP contribution >= 0.6 is 0 Å². The number of fused-ring (bicyclic) bond motifs is 1. The summed E-state index contributed by atoms with van der Waals surface area (Å²) < 4.78 is 11.5. The monoisotopic (exact) mass is 470 g/mol. The molecule has 0 aliphatic heterocycles. The largest absolute Gasteiger partial charge is 0.462 e. The average molecular weight is 471 g/mol. The number of hydrogen-bond acceptors (Lipinski definition) is 4. The van der Waals surface area contributed by atoms with Gasteiger partial charge in [-0.1, -0.05) is 49.8 Å². The molecule has 0 aromatic rings. The van der Waals surface area contributed by atoms with Gasteiger partial charge in [-0.15, -0.1) is 6.58 Å². The number of esters is 1. The average Bonchev–Trinajstić information content (AvgIpc) is 3.13. The van der Waals surface area contributed by atoms with Crippen molar-refractivity contribution in [1.82, 2.24) is 0 Å². The van der Waals surface area contributed by atoms with Crippen LogP contribution in [0.3, 0.4) is 0 Å². The van der Waals surface area contributed by atoms with Crippen molar-refractivity contribution < 1.29 is 19.4 Å². The number of ether oxygens (including phenoxy) is 2. The van der Waals surface area contributed by atoms with Gasteiger partial charge >= 0.3 is 5.97 Å². The second kappa shape index (κ2) is 11.4. The summed E-state index contributed by atoms with van der Waals surface area (Å²) in [4.78, 5) is 11.8. The van der Waals surface area contributed by atoms with E-state index in [1.165, 1.54) is 36.8 Å². The summed E-state index contributed by atoms with van der Waals surface area (Å²) in [7, 11) is 0. The van der Waals surface area contributed by atoms with Crippen molar-refractivity contribution >= 4 is 5.97 Å². The van der Waals surface area contributed by atoms with Gasteiger partial charge in [0.15, 0.2) is 0 Å². The maximum absolute atomic E-state index is 11.8. The summed E-state index contributed by atoms with van der Waals surface area (Å²) in [5, 5.41) is 10.0. The summed E-state index contributed by atoms with van der Waals surface area (Å²) in [6.45, 7) is 17.3. The first kappa shape index (κ1) is 26.9. The Labute approximate surface area is 207 Å². The Bertz CT molecular complexity index is 814. The second-order valence-electron chi connectivity index (χ2n) is 11.6. The third-order valence-corrected chi connectivity index (χ3v) is 8.38. The molecule has 1 unspecified atom stereocenters. The zero-order valence-electron chi connectivity index (χ0n) is 21.9. The van der Waals surface area contributed by atoms with Crippen molar-refractivity contribution in [2.45, 2.75) is 97.2 Å². The van der Waals surface area contributed by atoms with E-state index in [4.69, 9.17) is 9.47 Å². The molecule has 0 spiro atoms. The molecule has 3 saturated carbocycles. The molecule has 3 aliphatic carbocycles. The van der Waals surface area contributed by atoms with E-state index in [2.05, 4.69) is 38.3 Å². The highest BCUT2D eigenvalue weighted by Crippen LogP contribution is 2.59. The topological polar surface area (TPSA) is 55.8 Å². The summed E-state index contributed by atoms with van der Waals surface area (Å²) in [6, 6.07) is 0. The summed E-state index contributed by atoms with van der Waals surface area (Å²) in [5.41, 5.74) is 3.42.